The van der Waals surface area contributed by atoms with Crippen LogP contribution in [0.4, 0.5) is 11.4 Å². The van der Waals surface area contributed by atoms with Gasteiger partial charge in [-0.15, -0.1) is 0 Å². The molecule has 0 aliphatic carbocycles. The van der Waals surface area contributed by atoms with Crippen LogP contribution in [0.25, 0.3) is 10.9 Å². The van der Waals surface area contributed by atoms with Crippen LogP contribution in [0.2, 0.25) is 0 Å². The van der Waals surface area contributed by atoms with Crippen LogP contribution in [0.15, 0.2) is 30.5 Å². The van der Waals surface area contributed by atoms with Gasteiger partial charge in [0.2, 0.25) is 0 Å². The number of benzene rings is 1. The molecule has 2 heterocycles. The van der Waals surface area contributed by atoms with Crippen molar-refractivity contribution in [1.82, 2.24) is 4.98 Å². The van der Waals surface area contributed by atoms with E-state index in [0.29, 0.717) is 6.04 Å². The van der Waals surface area contributed by atoms with E-state index in [4.69, 9.17) is 5.73 Å². The van der Waals surface area contributed by atoms with Gasteiger partial charge in [-0.2, -0.15) is 0 Å². The lowest BCUT2D eigenvalue weighted by Gasteiger charge is -2.32. The smallest absolute Gasteiger partial charge is 0.0951 e. The second-order valence-electron chi connectivity index (χ2n) is 5.68. The van der Waals surface area contributed by atoms with Gasteiger partial charge in [0.25, 0.3) is 0 Å². The second kappa shape index (κ2) is 5.70. The van der Waals surface area contributed by atoms with E-state index in [1.54, 1.807) is 0 Å². The predicted molar refractivity (Wildman–Crippen MR) is 86.0 cm³/mol. The summed E-state index contributed by atoms with van der Waals surface area (Å²) in [6.07, 6.45) is 8.29. The minimum absolute atomic E-state index is 0.643. The molecule has 3 rings (SSSR count). The Morgan fingerprint density at radius 3 is 3.00 bits per heavy atom. The molecule has 0 amide bonds. The van der Waals surface area contributed by atoms with Crippen molar-refractivity contribution in [3.8, 4) is 0 Å². The summed E-state index contributed by atoms with van der Waals surface area (Å²) in [5.74, 6) is 0. The summed E-state index contributed by atoms with van der Waals surface area (Å²) >= 11 is 0. The third-order valence-corrected chi connectivity index (χ3v) is 4.44. The summed E-state index contributed by atoms with van der Waals surface area (Å²) in [5, 5.41) is 1.19. The average molecular weight is 269 g/mol. The van der Waals surface area contributed by atoms with Crippen molar-refractivity contribution in [3.63, 3.8) is 0 Å². The molecular weight excluding hydrogens is 246 g/mol. The van der Waals surface area contributed by atoms with Crippen LogP contribution in [0, 0.1) is 0 Å². The average Bonchev–Trinajstić information content (AvgIpc) is 2.73. The minimum atomic E-state index is 0.643. The fourth-order valence-corrected chi connectivity index (χ4v) is 3.35. The van der Waals surface area contributed by atoms with E-state index in [-0.39, 0.29) is 0 Å². The maximum absolute atomic E-state index is 6.07. The third kappa shape index (κ3) is 2.33. The lowest BCUT2D eigenvalue weighted by Crippen LogP contribution is -2.34. The summed E-state index contributed by atoms with van der Waals surface area (Å²) in [4.78, 5) is 7.04. The Kier molecular flexibility index (Phi) is 3.77. The van der Waals surface area contributed by atoms with E-state index in [9.17, 15) is 0 Å². The van der Waals surface area contributed by atoms with Gasteiger partial charge in [0, 0.05) is 29.9 Å². The van der Waals surface area contributed by atoms with Crippen molar-refractivity contribution in [1.29, 1.82) is 0 Å². The summed E-state index contributed by atoms with van der Waals surface area (Å²) in [7, 11) is 0. The number of pyridine rings is 1. The highest BCUT2D eigenvalue weighted by atomic mass is 15.2. The number of nitrogen functional groups attached to an aromatic ring is 1. The van der Waals surface area contributed by atoms with E-state index in [1.807, 2.05) is 18.3 Å². The maximum atomic E-state index is 6.07. The van der Waals surface area contributed by atoms with Crippen LogP contribution >= 0.6 is 0 Å². The van der Waals surface area contributed by atoms with E-state index >= 15 is 0 Å². The lowest BCUT2D eigenvalue weighted by atomic mass is 10.0. The van der Waals surface area contributed by atoms with E-state index in [1.165, 1.54) is 43.2 Å². The van der Waals surface area contributed by atoms with Gasteiger partial charge in [0.05, 0.1) is 11.2 Å². The summed E-state index contributed by atoms with van der Waals surface area (Å²) in [6, 6.07) is 8.97. The molecule has 3 heteroatoms. The van der Waals surface area contributed by atoms with Crippen LogP contribution in [-0.4, -0.2) is 17.6 Å². The highest BCUT2D eigenvalue weighted by Crippen LogP contribution is 2.33. The van der Waals surface area contributed by atoms with Crippen LogP contribution in [0.1, 0.15) is 39.0 Å². The minimum Gasteiger partial charge on any atom is -0.397 e. The molecule has 1 aliphatic heterocycles. The zero-order valence-electron chi connectivity index (χ0n) is 12.2. The first-order valence-corrected chi connectivity index (χ1v) is 7.71. The molecule has 1 aromatic carbocycles. The van der Waals surface area contributed by atoms with Gasteiger partial charge in [0.1, 0.15) is 0 Å². The first-order valence-electron chi connectivity index (χ1n) is 7.71. The standard InChI is InChI=1S/C17H23N3/c1-2-13-7-4-3-5-12-20(13)16-10-9-15(18)17-14(16)8-6-11-19-17/h6,8-11,13H,2-5,7,12,18H2,1H3. The zero-order valence-corrected chi connectivity index (χ0v) is 12.2. The molecule has 106 valence electrons. The molecular formula is C17H23N3. The second-order valence-corrected chi connectivity index (χ2v) is 5.68. The Morgan fingerprint density at radius 1 is 1.25 bits per heavy atom. The fraction of sp³-hybridized carbons (Fsp3) is 0.471. The molecule has 1 aliphatic rings. The van der Waals surface area contributed by atoms with Gasteiger partial charge in [-0.05, 0) is 43.5 Å². The largest absolute Gasteiger partial charge is 0.397 e. The van der Waals surface area contributed by atoms with Gasteiger partial charge >= 0.3 is 0 Å². The normalized spacial score (nSPS) is 20.1. The number of nitrogens with zero attached hydrogens (tertiary/aromatic N) is 2. The van der Waals surface area contributed by atoms with Crippen LogP contribution < -0.4 is 10.6 Å². The molecule has 20 heavy (non-hydrogen) atoms. The SMILES string of the molecule is CCC1CCCCCN1c1ccc(N)c2ncccc12. The molecule has 1 fully saturated rings. The molecule has 1 atom stereocenters. The first-order chi connectivity index (χ1) is 9.81. The van der Waals surface area contributed by atoms with E-state index in [0.717, 1.165) is 17.7 Å². The highest BCUT2D eigenvalue weighted by molar-refractivity contribution is 5.98. The molecule has 3 nitrogen and oxygen atoms in total. The monoisotopic (exact) mass is 269 g/mol. The number of hydrogen-bond acceptors (Lipinski definition) is 3. The number of anilines is 2. The van der Waals surface area contributed by atoms with Gasteiger partial charge < -0.3 is 10.6 Å². The van der Waals surface area contributed by atoms with E-state index < -0.39 is 0 Å². The van der Waals surface area contributed by atoms with Crippen LogP contribution in [0.3, 0.4) is 0 Å². The Hall–Kier alpha value is -1.77. The molecule has 1 saturated heterocycles. The number of nitrogens with two attached hydrogens (primary N) is 1. The summed E-state index contributed by atoms with van der Waals surface area (Å²) < 4.78 is 0. The van der Waals surface area contributed by atoms with E-state index in [2.05, 4.69) is 28.9 Å². The molecule has 2 aromatic rings. The van der Waals surface area contributed by atoms with Crippen molar-refractivity contribution < 1.29 is 0 Å². The summed E-state index contributed by atoms with van der Waals surface area (Å²) in [6.45, 7) is 3.44. The number of rotatable bonds is 2. The topological polar surface area (TPSA) is 42.1 Å². The van der Waals surface area contributed by atoms with Crippen molar-refractivity contribution in [3.05, 3.63) is 30.5 Å². The van der Waals surface area contributed by atoms with Gasteiger partial charge in [-0.3, -0.25) is 4.98 Å². The van der Waals surface area contributed by atoms with Crippen LogP contribution in [-0.2, 0) is 0 Å². The summed E-state index contributed by atoms with van der Waals surface area (Å²) in [5.41, 5.74) is 9.08. The van der Waals surface area contributed by atoms with Crippen molar-refractivity contribution >= 4 is 22.3 Å². The fourth-order valence-electron chi connectivity index (χ4n) is 3.35. The highest BCUT2D eigenvalue weighted by Gasteiger charge is 2.21. The van der Waals surface area contributed by atoms with Crippen molar-refractivity contribution in [2.24, 2.45) is 0 Å². The Labute approximate surface area is 120 Å². The molecule has 1 aromatic heterocycles. The molecule has 1 unspecified atom stereocenters. The van der Waals surface area contributed by atoms with Crippen molar-refractivity contribution in [2.75, 3.05) is 17.2 Å². The number of fused-ring (bicyclic) bond motifs is 1. The van der Waals surface area contributed by atoms with Gasteiger partial charge in [0.15, 0.2) is 0 Å². The molecule has 0 radical (unpaired) electrons. The van der Waals surface area contributed by atoms with Gasteiger partial charge in [-0.25, -0.2) is 0 Å². The Morgan fingerprint density at radius 2 is 2.15 bits per heavy atom. The molecule has 0 spiro atoms. The number of hydrogen-bond donors (Lipinski definition) is 1. The Bertz CT molecular complexity index is 594. The Balaban J connectivity index is 2.10. The third-order valence-electron chi connectivity index (χ3n) is 4.44. The molecule has 0 bridgehead atoms. The van der Waals surface area contributed by atoms with Crippen LogP contribution in [0.5, 0.6) is 0 Å². The predicted octanol–water partition coefficient (Wildman–Crippen LogP) is 3.98. The molecule has 2 N–H and O–H groups in total. The van der Waals surface area contributed by atoms with Crippen molar-refractivity contribution in [2.45, 2.75) is 45.1 Å². The maximum Gasteiger partial charge on any atom is 0.0951 e. The first kappa shape index (κ1) is 13.2. The quantitative estimate of drug-likeness (QED) is 0.839. The zero-order chi connectivity index (χ0) is 13.9. The molecule has 0 saturated carbocycles. The lowest BCUT2D eigenvalue weighted by molar-refractivity contribution is 0.557. The van der Waals surface area contributed by atoms with Gasteiger partial charge in [-0.1, -0.05) is 19.8 Å². The number of aromatic nitrogens is 1.